The van der Waals surface area contributed by atoms with Crippen LogP contribution in [0.25, 0.3) is 11.6 Å². The third-order valence-electron chi connectivity index (χ3n) is 3.69. The highest BCUT2D eigenvalue weighted by Crippen LogP contribution is 2.32. The van der Waals surface area contributed by atoms with Crippen LogP contribution in [0.4, 0.5) is 0 Å². The summed E-state index contributed by atoms with van der Waals surface area (Å²) in [4.78, 5) is 0. The summed E-state index contributed by atoms with van der Waals surface area (Å²) in [5, 5.41) is 9.26. The number of allylic oxidation sites excluding steroid dienone is 1. The van der Waals surface area contributed by atoms with Gasteiger partial charge in [0.2, 0.25) is 0 Å². The summed E-state index contributed by atoms with van der Waals surface area (Å²) in [5.74, 6) is 0. The highest BCUT2D eigenvalue weighted by Gasteiger charge is 2.14. The Kier molecular flexibility index (Phi) is 2.93. The smallest absolute Gasteiger partial charge is 0.0998 e. The fourth-order valence-corrected chi connectivity index (χ4v) is 2.67. The molecule has 92 valence electrons. The molecule has 3 rings (SSSR count). The Bertz CT molecular complexity index is 702. The molecule has 0 saturated heterocycles. The van der Waals surface area contributed by atoms with E-state index in [1.54, 1.807) is 0 Å². The molecule has 0 saturated carbocycles. The lowest BCUT2D eigenvalue weighted by Crippen LogP contribution is -2.00. The van der Waals surface area contributed by atoms with Gasteiger partial charge in [-0.15, -0.1) is 0 Å². The number of nitriles is 1. The van der Waals surface area contributed by atoms with Crippen LogP contribution < -0.4 is 0 Å². The average molecular weight is 245 g/mol. The van der Waals surface area contributed by atoms with E-state index < -0.39 is 0 Å². The minimum absolute atomic E-state index is 0.774. The molecule has 0 unspecified atom stereocenters. The molecule has 0 bridgehead atoms. The first kappa shape index (κ1) is 11.7. The number of fused-ring (bicyclic) bond motifs is 1. The van der Waals surface area contributed by atoms with E-state index in [0.29, 0.717) is 0 Å². The molecule has 2 aromatic carbocycles. The lowest BCUT2D eigenvalue weighted by molar-refractivity contribution is 1.000. The number of hydrogen-bond donors (Lipinski definition) is 0. The third-order valence-corrected chi connectivity index (χ3v) is 3.69. The van der Waals surface area contributed by atoms with Crippen molar-refractivity contribution < 1.29 is 0 Å². The van der Waals surface area contributed by atoms with Crippen LogP contribution in [-0.2, 0) is 6.42 Å². The van der Waals surface area contributed by atoms with Crippen molar-refractivity contribution in [1.82, 2.24) is 0 Å². The standard InChI is InChI=1S/C18H15N/c1-13-6-7-17(12-19)18(10-13)16-9-8-14-4-2-3-5-15(14)11-16/h2-7,10-11H,8-9H2,1H3. The summed E-state index contributed by atoms with van der Waals surface area (Å²) in [6, 6.07) is 16.8. The van der Waals surface area contributed by atoms with E-state index in [1.165, 1.54) is 22.3 Å². The SMILES string of the molecule is Cc1ccc(C#N)c(C2=Cc3ccccc3CC2)c1. The molecule has 0 heterocycles. The molecule has 19 heavy (non-hydrogen) atoms. The molecule has 1 aliphatic carbocycles. The van der Waals surface area contributed by atoms with Crippen LogP contribution in [0.5, 0.6) is 0 Å². The Balaban J connectivity index is 2.12. The fraction of sp³-hybridized carbons (Fsp3) is 0.167. The van der Waals surface area contributed by atoms with Crippen LogP contribution in [0.1, 0.15) is 34.2 Å². The molecular weight excluding hydrogens is 230 g/mol. The van der Waals surface area contributed by atoms with Crippen molar-refractivity contribution in [3.63, 3.8) is 0 Å². The summed E-state index contributed by atoms with van der Waals surface area (Å²) in [7, 11) is 0. The minimum Gasteiger partial charge on any atom is -0.192 e. The van der Waals surface area contributed by atoms with E-state index in [2.05, 4.69) is 49.4 Å². The summed E-state index contributed by atoms with van der Waals surface area (Å²) < 4.78 is 0. The Morgan fingerprint density at radius 1 is 1.05 bits per heavy atom. The van der Waals surface area contributed by atoms with Crippen molar-refractivity contribution in [3.05, 3.63) is 70.3 Å². The predicted octanol–water partition coefficient (Wildman–Crippen LogP) is 4.35. The first-order chi connectivity index (χ1) is 9.28. The molecule has 0 atom stereocenters. The molecule has 0 aliphatic heterocycles. The van der Waals surface area contributed by atoms with Crippen molar-refractivity contribution in [3.8, 4) is 6.07 Å². The van der Waals surface area contributed by atoms with Gasteiger partial charge in [0, 0.05) is 0 Å². The van der Waals surface area contributed by atoms with Gasteiger partial charge in [-0.25, -0.2) is 0 Å². The number of hydrogen-bond acceptors (Lipinski definition) is 1. The second kappa shape index (κ2) is 4.74. The molecule has 0 N–H and O–H groups in total. The Morgan fingerprint density at radius 2 is 1.89 bits per heavy atom. The van der Waals surface area contributed by atoms with Crippen molar-refractivity contribution in [2.24, 2.45) is 0 Å². The summed E-state index contributed by atoms with van der Waals surface area (Å²) >= 11 is 0. The second-order valence-corrected chi connectivity index (χ2v) is 5.03. The topological polar surface area (TPSA) is 23.8 Å². The van der Waals surface area contributed by atoms with Crippen molar-refractivity contribution in [2.45, 2.75) is 19.8 Å². The van der Waals surface area contributed by atoms with Gasteiger partial charge in [-0.05, 0) is 48.1 Å². The largest absolute Gasteiger partial charge is 0.192 e. The van der Waals surface area contributed by atoms with Gasteiger partial charge in [0.15, 0.2) is 0 Å². The quantitative estimate of drug-likeness (QED) is 0.732. The molecule has 0 spiro atoms. The Morgan fingerprint density at radius 3 is 2.74 bits per heavy atom. The lowest BCUT2D eigenvalue weighted by Gasteiger charge is -2.17. The summed E-state index contributed by atoms with van der Waals surface area (Å²) in [6.45, 7) is 2.07. The Labute approximate surface area is 113 Å². The maximum Gasteiger partial charge on any atom is 0.0998 e. The molecule has 0 amide bonds. The molecule has 1 heteroatoms. The van der Waals surface area contributed by atoms with Crippen LogP contribution in [0, 0.1) is 18.3 Å². The monoisotopic (exact) mass is 245 g/mol. The van der Waals surface area contributed by atoms with Crippen LogP contribution in [0.2, 0.25) is 0 Å². The normalized spacial score (nSPS) is 13.4. The first-order valence-corrected chi connectivity index (χ1v) is 6.57. The van der Waals surface area contributed by atoms with E-state index >= 15 is 0 Å². The van der Waals surface area contributed by atoms with Crippen LogP contribution in [-0.4, -0.2) is 0 Å². The van der Waals surface area contributed by atoms with Gasteiger partial charge >= 0.3 is 0 Å². The van der Waals surface area contributed by atoms with Crippen LogP contribution in [0.15, 0.2) is 42.5 Å². The van der Waals surface area contributed by atoms with E-state index in [1.807, 2.05) is 12.1 Å². The number of aryl methyl sites for hydroxylation is 2. The van der Waals surface area contributed by atoms with E-state index in [0.717, 1.165) is 24.0 Å². The number of rotatable bonds is 1. The lowest BCUT2D eigenvalue weighted by atomic mass is 9.86. The zero-order valence-corrected chi connectivity index (χ0v) is 11.0. The molecular formula is C18H15N. The maximum absolute atomic E-state index is 9.26. The van der Waals surface area contributed by atoms with Crippen molar-refractivity contribution >= 4 is 11.6 Å². The van der Waals surface area contributed by atoms with Crippen molar-refractivity contribution in [1.29, 1.82) is 5.26 Å². The predicted molar refractivity (Wildman–Crippen MR) is 78.5 cm³/mol. The highest BCUT2D eigenvalue weighted by molar-refractivity contribution is 5.86. The van der Waals surface area contributed by atoms with E-state index in [9.17, 15) is 5.26 Å². The zero-order chi connectivity index (χ0) is 13.2. The first-order valence-electron chi connectivity index (χ1n) is 6.57. The Hall–Kier alpha value is -2.33. The van der Waals surface area contributed by atoms with Gasteiger partial charge in [-0.2, -0.15) is 5.26 Å². The molecule has 1 aliphatic rings. The molecule has 2 aromatic rings. The number of nitrogens with zero attached hydrogens (tertiary/aromatic N) is 1. The molecule has 0 fully saturated rings. The minimum atomic E-state index is 0.774. The van der Waals surface area contributed by atoms with E-state index in [4.69, 9.17) is 0 Å². The zero-order valence-electron chi connectivity index (χ0n) is 11.0. The molecule has 0 aromatic heterocycles. The highest BCUT2D eigenvalue weighted by atomic mass is 14.3. The second-order valence-electron chi connectivity index (χ2n) is 5.03. The van der Waals surface area contributed by atoms with Gasteiger partial charge in [0.25, 0.3) is 0 Å². The van der Waals surface area contributed by atoms with Crippen molar-refractivity contribution in [2.75, 3.05) is 0 Å². The fourth-order valence-electron chi connectivity index (χ4n) is 2.67. The average Bonchev–Trinajstić information content (AvgIpc) is 2.46. The summed E-state index contributed by atoms with van der Waals surface area (Å²) in [5.41, 5.74) is 7.03. The summed E-state index contributed by atoms with van der Waals surface area (Å²) in [6.07, 6.45) is 4.30. The maximum atomic E-state index is 9.26. The van der Waals surface area contributed by atoms with Gasteiger partial charge in [-0.3, -0.25) is 0 Å². The van der Waals surface area contributed by atoms with E-state index in [-0.39, 0.29) is 0 Å². The number of benzene rings is 2. The molecule has 1 nitrogen and oxygen atoms in total. The van der Waals surface area contributed by atoms with Gasteiger partial charge in [0.1, 0.15) is 0 Å². The van der Waals surface area contributed by atoms with Crippen LogP contribution in [0.3, 0.4) is 0 Å². The van der Waals surface area contributed by atoms with Gasteiger partial charge < -0.3 is 0 Å². The third kappa shape index (κ3) is 2.18. The van der Waals surface area contributed by atoms with Gasteiger partial charge in [0.05, 0.1) is 11.6 Å². The van der Waals surface area contributed by atoms with Gasteiger partial charge in [-0.1, -0.05) is 48.0 Å². The van der Waals surface area contributed by atoms with Crippen LogP contribution >= 0.6 is 0 Å². The molecule has 0 radical (unpaired) electrons.